The number of carbonyl (C=O) groups excluding carboxylic acids is 2. The maximum atomic E-state index is 13.4. The summed E-state index contributed by atoms with van der Waals surface area (Å²) in [4.78, 5) is 30.4. The number of nitrogens with zero attached hydrogens (tertiary/aromatic N) is 6. The molecular formula is C22H21FN6O2. The molecule has 0 bridgehead atoms. The van der Waals surface area contributed by atoms with E-state index < -0.39 is 12.2 Å². The van der Waals surface area contributed by atoms with E-state index in [1.807, 2.05) is 40.7 Å². The van der Waals surface area contributed by atoms with Crippen LogP contribution in [0, 0.1) is 12.7 Å². The van der Waals surface area contributed by atoms with Crippen LogP contribution in [0.15, 0.2) is 48.5 Å². The van der Waals surface area contributed by atoms with Gasteiger partial charge in [-0.2, -0.15) is 0 Å². The molecule has 158 valence electrons. The van der Waals surface area contributed by atoms with Crippen molar-refractivity contribution in [2.24, 2.45) is 0 Å². The summed E-state index contributed by atoms with van der Waals surface area (Å²) in [6.07, 6.45) is -0.585. The fourth-order valence-corrected chi connectivity index (χ4v) is 4.29. The molecule has 9 heteroatoms. The van der Waals surface area contributed by atoms with Crippen LogP contribution in [0.4, 0.5) is 15.1 Å². The van der Waals surface area contributed by atoms with E-state index in [2.05, 4.69) is 10.2 Å². The van der Waals surface area contributed by atoms with E-state index >= 15 is 0 Å². The molecular weight excluding hydrogens is 399 g/mol. The van der Waals surface area contributed by atoms with E-state index in [1.54, 1.807) is 24.1 Å². The van der Waals surface area contributed by atoms with Gasteiger partial charge >= 0.3 is 6.03 Å². The quantitative estimate of drug-likeness (QED) is 0.652. The molecule has 0 saturated carbocycles. The number of hydrogen-bond donors (Lipinski definition) is 0. The molecule has 31 heavy (non-hydrogen) atoms. The third kappa shape index (κ3) is 2.88. The van der Waals surface area contributed by atoms with Gasteiger partial charge in [0, 0.05) is 26.2 Å². The van der Waals surface area contributed by atoms with Crippen LogP contribution < -0.4 is 4.90 Å². The van der Waals surface area contributed by atoms with Crippen molar-refractivity contribution in [2.45, 2.75) is 25.7 Å². The van der Waals surface area contributed by atoms with Gasteiger partial charge < -0.3 is 9.80 Å². The minimum absolute atomic E-state index is 0.310. The third-order valence-electron chi connectivity index (χ3n) is 5.96. The molecule has 8 nitrogen and oxygen atoms in total. The van der Waals surface area contributed by atoms with Crippen LogP contribution in [0.25, 0.3) is 11.4 Å². The van der Waals surface area contributed by atoms with Gasteiger partial charge in [0.05, 0.1) is 0 Å². The fourth-order valence-electron chi connectivity index (χ4n) is 4.29. The van der Waals surface area contributed by atoms with Crippen molar-refractivity contribution in [1.82, 2.24) is 24.6 Å². The number of halogens is 1. The van der Waals surface area contributed by atoms with Gasteiger partial charge in [0.2, 0.25) is 5.95 Å². The maximum Gasteiger partial charge on any atom is 0.327 e. The molecule has 3 heterocycles. The Hall–Kier alpha value is -3.75. The van der Waals surface area contributed by atoms with Crippen LogP contribution >= 0.6 is 0 Å². The summed E-state index contributed by atoms with van der Waals surface area (Å²) in [6, 6.07) is 12.9. The topological polar surface area (TPSA) is 74.6 Å². The lowest BCUT2D eigenvalue weighted by Gasteiger charge is -2.40. The Balaban J connectivity index is 1.64. The van der Waals surface area contributed by atoms with E-state index in [4.69, 9.17) is 0 Å². The van der Waals surface area contributed by atoms with Crippen LogP contribution in [-0.4, -0.2) is 56.6 Å². The highest BCUT2D eigenvalue weighted by Crippen LogP contribution is 2.42. The lowest BCUT2D eigenvalue weighted by molar-refractivity contribution is -0.133. The molecule has 2 aromatic carbocycles. The van der Waals surface area contributed by atoms with Crippen molar-refractivity contribution < 1.29 is 14.0 Å². The van der Waals surface area contributed by atoms with Gasteiger partial charge in [0.15, 0.2) is 11.9 Å². The summed E-state index contributed by atoms with van der Waals surface area (Å²) < 4.78 is 15.2. The summed E-state index contributed by atoms with van der Waals surface area (Å²) in [7, 11) is 3.15. The Morgan fingerprint density at radius 2 is 1.65 bits per heavy atom. The van der Waals surface area contributed by atoms with Crippen LogP contribution in [0.5, 0.6) is 0 Å². The van der Waals surface area contributed by atoms with Gasteiger partial charge in [0.25, 0.3) is 5.91 Å². The van der Waals surface area contributed by atoms with Gasteiger partial charge in [0.1, 0.15) is 12.0 Å². The number of anilines is 1. The van der Waals surface area contributed by atoms with Crippen LogP contribution in [0.1, 0.15) is 17.3 Å². The molecule has 3 amide bonds. The first kappa shape index (κ1) is 19.2. The summed E-state index contributed by atoms with van der Waals surface area (Å²) in [5.74, 6) is 0.448. The zero-order valence-corrected chi connectivity index (χ0v) is 17.4. The molecule has 0 aliphatic carbocycles. The second-order valence-electron chi connectivity index (χ2n) is 7.96. The second kappa shape index (κ2) is 6.90. The van der Waals surface area contributed by atoms with E-state index in [0.717, 1.165) is 21.6 Å². The monoisotopic (exact) mass is 420 g/mol. The molecule has 1 fully saturated rings. The number of carbonyl (C=O) groups is 2. The molecule has 1 saturated heterocycles. The van der Waals surface area contributed by atoms with E-state index in [1.165, 1.54) is 19.2 Å². The zero-order chi connectivity index (χ0) is 21.9. The Kier molecular flexibility index (Phi) is 4.28. The molecule has 2 atom stereocenters. The van der Waals surface area contributed by atoms with Gasteiger partial charge in [-0.25, -0.2) is 9.18 Å². The van der Waals surface area contributed by atoms with Gasteiger partial charge in [-0.3, -0.25) is 14.3 Å². The Morgan fingerprint density at radius 3 is 2.32 bits per heavy atom. The molecule has 2 unspecified atom stereocenters. The normalized spacial score (nSPS) is 20.3. The number of aryl methyl sites for hydroxylation is 1. The lowest BCUT2D eigenvalue weighted by atomic mass is 10.1. The van der Waals surface area contributed by atoms with Crippen molar-refractivity contribution in [1.29, 1.82) is 0 Å². The average molecular weight is 420 g/mol. The number of benzene rings is 2. The number of hydrogen-bond acceptors (Lipinski definition) is 5. The van der Waals surface area contributed by atoms with Crippen molar-refractivity contribution >= 4 is 17.9 Å². The van der Waals surface area contributed by atoms with Gasteiger partial charge in [-0.1, -0.05) is 42.0 Å². The first-order valence-corrected chi connectivity index (χ1v) is 9.94. The first-order valence-electron chi connectivity index (χ1n) is 9.94. The number of fused-ring (bicyclic) bond motifs is 3. The number of amides is 3. The molecule has 5 rings (SSSR count). The van der Waals surface area contributed by atoms with Crippen molar-refractivity contribution in [2.75, 3.05) is 19.0 Å². The zero-order valence-electron chi connectivity index (χ0n) is 17.4. The minimum Gasteiger partial charge on any atom is -0.321 e. The molecule has 2 aliphatic rings. The van der Waals surface area contributed by atoms with Crippen LogP contribution in [0.3, 0.4) is 0 Å². The predicted molar refractivity (Wildman–Crippen MR) is 112 cm³/mol. The smallest absolute Gasteiger partial charge is 0.321 e. The van der Waals surface area contributed by atoms with Crippen molar-refractivity contribution in [3.05, 3.63) is 65.5 Å². The number of imide groups is 1. The van der Waals surface area contributed by atoms with E-state index in [-0.39, 0.29) is 17.8 Å². The molecule has 0 N–H and O–H groups in total. The third-order valence-corrected chi connectivity index (χ3v) is 5.96. The molecule has 0 spiro atoms. The molecule has 0 radical (unpaired) electrons. The second-order valence-corrected chi connectivity index (χ2v) is 7.96. The highest BCUT2D eigenvalue weighted by molar-refractivity contribution is 6.02. The predicted octanol–water partition coefficient (Wildman–Crippen LogP) is 2.80. The Bertz CT molecular complexity index is 1170. The van der Waals surface area contributed by atoms with Gasteiger partial charge in [-0.15, -0.1) is 10.2 Å². The summed E-state index contributed by atoms with van der Waals surface area (Å²) in [5, 5.41) is 8.78. The number of aromatic nitrogens is 3. The number of likely N-dealkylation sites (N-methyl/N-ethyl adjacent to an activating group) is 2. The average Bonchev–Trinajstić information content (AvgIpc) is 3.32. The number of rotatable bonds is 3. The van der Waals surface area contributed by atoms with Crippen molar-refractivity contribution in [3.8, 4) is 11.4 Å². The van der Waals surface area contributed by atoms with Crippen molar-refractivity contribution in [3.63, 3.8) is 0 Å². The van der Waals surface area contributed by atoms with E-state index in [0.29, 0.717) is 18.3 Å². The minimum atomic E-state index is -0.660. The van der Waals surface area contributed by atoms with Crippen LogP contribution in [0.2, 0.25) is 0 Å². The van der Waals surface area contributed by atoms with Crippen LogP contribution in [-0.2, 0) is 11.3 Å². The summed E-state index contributed by atoms with van der Waals surface area (Å²) in [6.45, 7) is 2.33. The fraction of sp³-hybridized carbons (Fsp3) is 0.273. The molecule has 1 aromatic heterocycles. The highest BCUT2D eigenvalue weighted by atomic mass is 19.1. The molecule has 2 aliphatic heterocycles. The standard InChI is InChI=1S/C22H21FN6O2/c1-13-4-8-15(9-5-13)18-24-25-21-28(12-14-6-10-16(23)11-7-14)17-19(29(18)21)26(2)22(31)27(3)20(17)30/h4-11,17,19H,12H2,1-3H3. The number of urea groups is 1. The first-order chi connectivity index (χ1) is 14.9. The molecule has 3 aromatic rings. The highest BCUT2D eigenvalue weighted by Gasteiger charge is 2.54. The Labute approximate surface area is 178 Å². The largest absolute Gasteiger partial charge is 0.327 e. The van der Waals surface area contributed by atoms with E-state index in [9.17, 15) is 14.0 Å². The maximum absolute atomic E-state index is 13.4. The Morgan fingerprint density at radius 1 is 0.968 bits per heavy atom. The summed E-state index contributed by atoms with van der Waals surface area (Å²) in [5.41, 5.74) is 2.78. The summed E-state index contributed by atoms with van der Waals surface area (Å²) >= 11 is 0. The SMILES string of the molecule is Cc1ccc(-c2nnc3n2C2C(C(=O)N(C)C(=O)N2C)N3Cc2ccc(F)cc2)cc1. The lowest BCUT2D eigenvalue weighted by Crippen LogP contribution is -2.61. The van der Waals surface area contributed by atoms with Gasteiger partial charge in [-0.05, 0) is 24.6 Å².